The Morgan fingerprint density at radius 1 is 1.33 bits per heavy atom. The monoisotopic (exact) mass is 335 g/mol. The zero-order valence-corrected chi connectivity index (χ0v) is 14.9. The van der Waals surface area contributed by atoms with E-state index >= 15 is 0 Å². The Labute approximate surface area is 143 Å². The van der Waals surface area contributed by atoms with Crippen molar-refractivity contribution in [1.82, 2.24) is 14.7 Å². The molecule has 0 unspecified atom stereocenters. The molecule has 1 aliphatic carbocycles. The van der Waals surface area contributed by atoms with E-state index in [1.165, 1.54) is 0 Å². The second-order valence-corrected chi connectivity index (χ2v) is 7.73. The molecule has 24 heavy (non-hydrogen) atoms. The van der Waals surface area contributed by atoms with Crippen LogP contribution in [0.3, 0.4) is 0 Å². The van der Waals surface area contributed by atoms with Gasteiger partial charge in [-0.25, -0.2) is 0 Å². The number of rotatable bonds is 4. The summed E-state index contributed by atoms with van der Waals surface area (Å²) in [6, 6.07) is 1.92. The molecular formula is C18H29N3O3. The predicted octanol–water partition coefficient (Wildman–Crippen LogP) is 1.45. The number of aliphatic hydroxyl groups excluding tert-OH is 2. The number of aromatic nitrogens is 2. The fraction of sp³-hybridized carbons (Fsp3) is 0.778. The molecule has 6 heteroatoms. The Kier molecular flexibility index (Phi) is 4.71. The number of amides is 1. The quantitative estimate of drug-likeness (QED) is 0.873. The third kappa shape index (κ3) is 2.86. The average Bonchev–Trinajstić information content (AvgIpc) is 2.96. The van der Waals surface area contributed by atoms with E-state index in [1.54, 1.807) is 4.68 Å². The molecule has 2 aliphatic rings. The van der Waals surface area contributed by atoms with E-state index in [0.717, 1.165) is 12.1 Å². The Balaban J connectivity index is 1.70. The van der Waals surface area contributed by atoms with Crippen LogP contribution in [0.5, 0.6) is 0 Å². The highest BCUT2D eigenvalue weighted by Gasteiger charge is 2.55. The van der Waals surface area contributed by atoms with Crippen molar-refractivity contribution in [2.24, 2.45) is 11.3 Å². The molecule has 1 amide bonds. The summed E-state index contributed by atoms with van der Waals surface area (Å²) in [5, 5.41) is 24.6. The van der Waals surface area contributed by atoms with Crippen LogP contribution in [0.4, 0.5) is 0 Å². The van der Waals surface area contributed by atoms with Crippen molar-refractivity contribution >= 4 is 5.91 Å². The van der Waals surface area contributed by atoms with Gasteiger partial charge in [0.2, 0.25) is 0 Å². The fourth-order valence-electron chi connectivity index (χ4n) is 4.10. The van der Waals surface area contributed by atoms with Crippen molar-refractivity contribution < 1.29 is 15.0 Å². The smallest absolute Gasteiger partial charge is 0.272 e. The fourth-order valence-corrected chi connectivity index (χ4v) is 4.10. The van der Waals surface area contributed by atoms with Gasteiger partial charge in [-0.1, -0.05) is 13.8 Å². The molecule has 0 bridgehead atoms. The lowest BCUT2D eigenvalue weighted by molar-refractivity contribution is -0.187. The Morgan fingerprint density at radius 3 is 2.46 bits per heavy atom. The molecule has 1 aromatic rings. The normalized spacial score (nSPS) is 26.0. The Hall–Kier alpha value is -1.40. The standard InChI is InChI=1S/C18H29N3O3/c1-4-21-14(10-13(19-21)9-12(2)3)17(24)20-7-5-18(6-8-20)15(22)11-16(18)23/h10,12,15-16,22-23H,4-9,11H2,1-3H3/t15-,16+. The van der Waals surface area contributed by atoms with E-state index in [0.29, 0.717) is 50.5 Å². The minimum absolute atomic E-state index is 0.0116. The van der Waals surface area contributed by atoms with Crippen molar-refractivity contribution in [3.05, 3.63) is 17.5 Å². The van der Waals surface area contributed by atoms with Gasteiger partial charge in [-0.05, 0) is 38.2 Å². The van der Waals surface area contributed by atoms with Gasteiger partial charge in [-0.3, -0.25) is 9.48 Å². The van der Waals surface area contributed by atoms with Crippen LogP contribution in [0, 0.1) is 11.3 Å². The average molecular weight is 335 g/mol. The minimum atomic E-state index is -0.427. The van der Waals surface area contributed by atoms with Crippen molar-refractivity contribution in [2.75, 3.05) is 13.1 Å². The molecule has 2 N–H and O–H groups in total. The third-order valence-electron chi connectivity index (χ3n) is 5.72. The molecular weight excluding hydrogens is 306 g/mol. The Bertz CT molecular complexity index is 593. The zero-order chi connectivity index (χ0) is 17.5. The van der Waals surface area contributed by atoms with E-state index in [4.69, 9.17) is 0 Å². The molecule has 2 fully saturated rings. The predicted molar refractivity (Wildman–Crippen MR) is 90.6 cm³/mol. The van der Waals surface area contributed by atoms with Gasteiger partial charge in [0, 0.05) is 31.5 Å². The van der Waals surface area contributed by atoms with Crippen LogP contribution in [0.2, 0.25) is 0 Å². The second-order valence-electron chi connectivity index (χ2n) is 7.73. The van der Waals surface area contributed by atoms with Gasteiger partial charge in [-0.15, -0.1) is 0 Å². The number of carbonyl (C=O) groups is 1. The first-order valence-corrected chi connectivity index (χ1v) is 9.09. The molecule has 1 aliphatic heterocycles. The molecule has 134 valence electrons. The lowest BCUT2D eigenvalue weighted by Crippen LogP contribution is -2.61. The number of likely N-dealkylation sites (tertiary alicyclic amines) is 1. The van der Waals surface area contributed by atoms with Crippen LogP contribution < -0.4 is 0 Å². The zero-order valence-electron chi connectivity index (χ0n) is 14.9. The lowest BCUT2D eigenvalue weighted by atomic mass is 9.58. The van der Waals surface area contributed by atoms with Crippen molar-refractivity contribution in [3.63, 3.8) is 0 Å². The van der Waals surface area contributed by atoms with Crippen LogP contribution in [-0.4, -0.2) is 56.1 Å². The van der Waals surface area contributed by atoms with Crippen molar-refractivity contribution in [3.8, 4) is 0 Å². The van der Waals surface area contributed by atoms with Crippen LogP contribution >= 0.6 is 0 Å². The summed E-state index contributed by atoms with van der Waals surface area (Å²) in [4.78, 5) is 14.7. The number of hydrogen-bond acceptors (Lipinski definition) is 4. The van der Waals surface area contributed by atoms with E-state index < -0.39 is 12.2 Å². The van der Waals surface area contributed by atoms with Gasteiger partial charge in [0.05, 0.1) is 17.9 Å². The van der Waals surface area contributed by atoms with Crippen LogP contribution in [0.15, 0.2) is 6.07 Å². The highest BCUT2D eigenvalue weighted by atomic mass is 16.3. The van der Waals surface area contributed by atoms with Crippen LogP contribution in [0.1, 0.15) is 56.2 Å². The molecule has 1 saturated carbocycles. The van der Waals surface area contributed by atoms with Gasteiger partial charge >= 0.3 is 0 Å². The summed E-state index contributed by atoms with van der Waals surface area (Å²) >= 11 is 0. The first-order chi connectivity index (χ1) is 11.4. The number of nitrogens with zero attached hydrogens (tertiary/aromatic N) is 3. The second kappa shape index (κ2) is 6.48. The van der Waals surface area contributed by atoms with Gasteiger partial charge in [-0.2, -0.15) is 5.10 Å². The lowest BCUT2D eigenvalue weighted by Gasteiger charge is -2.54. The van der Waals surface area contributed by atoms with Gasteiger partial charge < -0.3 is 15.1 Å². The Morgan fingerprint density at radius 2 is 1.96 bits per heavy atom. The molecule has 3 rings (SSSR count). The van der Waals surface area contributed by atoms with Gasteiger partial charge in [0.1, 0.15) is 5.69 Å². The van der Waals surface area contributed by atoms with Crippen LogP contribution in [-0.2, 0) is 13.0 Å². The number of carbonyl (C=O) groups excluding carboxylic acids is 1. The SMILES string of the molecule is CCn1nc(CC(C)C)cc1C(=O)N1CCC2(CC1)[C@H](O)C[C@@H]2O. The molecule has 0 radical (unpaired) electrons. The molecule has 0 aromatic carbocycles. The summed E-state index contributed by atoms with van der Waals surface area (Å²) in [6.07, 6.45) is 1.82. The first kappa shape index (κ1) is 17.4. The summed E-state index contributed by atoms with van der Waals surface area (Å²) in [5.74, 6) is 0.516. The highest BCUT2D eigenvalue weighted by Crippen LogP contribution is 2.49. The third-order valence-corrected chi connectivity index (χ3v) is 5.72. The molecule has 1 saturated heterocycles. The molecule has 2 heterocycles. The summed E-state index contributed by atoms with van der Waals surface area (Å²) in [5.41, 5.74) is 1.23. The summed E-state index contributed by atoms with van der Waals surface area (Å²) in [6.45, 7) is 8.13. The molecule has 1 spiro atoms. The maximum Gasteiger partial charge on any atom is 0.272 e. The summed E-state index contributed by atoms with van der Waals surface area (Å²) in [7, 11) is 0. The molecule has 1 aromatic heterocycles. The number of piperidine rings is 1. The summed E-state index contributed by atoms with van der Waals surface area (Å²) < 4.78 is 1.79. The highest BCUT2D eigenvalue weighted by molar-refractivity contribution is 5.92. The van der Waals surface area contributed by atoms with E-state index in [1.807, 2.05) is 17.9 Å². The minimum Gasteiger partial charge on any atom is -0.392 e. The first-order valence-electron chi connectivity index (χ1n) is 9.09. The van der Waals surface area contributed by atoms with Gasteiger partial charge in [0.25, 0.3) is 5.91 Å². The largest absolute Gasteiger partial charge is 0.392 e. The number of aryl methyl sites for hydroxylation is 1. The molecule has 2 atom stereocenters. The number of hydrogen-bond donors (Lipinski definition) is 2. The van der Waals surface area contributed by atoms with E-state index in [-0.39, 0.29) is 11.3 Å². The van der Waals surface area contributed by atoms with E-state index in [2.05, 4.69) is 18.9 Å². The maximum absolute atomic E-state index is 12.9. The van der Waals surface area contributed by atoms with Crippen molar-refractivity contribution in [2.45, 2.75) is 65.2 Å². The van der Waals surface area contributed by atoms with Crippen molar-refractivity contribution in [1.29, 1.82) is 0 Å². The van der Waals surface area contributed by atoms with Crippen LogP contribution in [0.25, 0.3) is 0 Å². The van der Waals surface area contributed by atoms with E-state index in [9.17, 15) is 15.0 Å². The maximum atomic E-state index is 12.9. The number of aliphatic hydroxyl groups is 2. The topological polar surface area (TPSA) is 78.6 Å². The molecule has 6 nitrogen and oxygen atoms in total. The van der Waals surface area contributed by atoms with Gasteiger partial charge in [0.15, 0.2) is 0 Å².